The summed E-state index contributed by atoms with van der Waals surface area (Å²) in [6, 6.07) is 6.58. The highest BCUT2D eigenvalue weighted by molar-refractivity contribution is 9.10. The van der Waals surface area contributed by atoms with E-state index in [0.29, 0.717) is 0 Å². The molecular formula is C16H22BrN. The van der Waals surface area contributed by atoms with Gasteiger partial charge in [-0.25, -0.2) is 0 Å². The Morgan fingerprint density at radius 2 is 2.17 bits per heavy atom. The Balaban J connectivity index is 1.71. The van der Waals surface area contributed by atoms with Gasteiger partial charge in [-0.05, 0) is 62.8 Å². The van der Waals surface area contributed by atoms with Crippen LogP contribution in [-0.2, 0) is 6.54 Å². The molecule has 0 atom stereocenters. The van der Waals surface area contributed by atoms with E-state index in [-0.39, 0.29) is 0 Å². The Morgan fingerprint density at radius 1 is 1.28 bits per heavy atom. The van der Waals surface area contributed by atoms with Gasteiger partial charge in [0, 0.05) is 11.0 Å². The van der Waals surface area contributed by atoms with Gasteiger partial charge < -0.3 is 5.32 Å². The van der Waals surface area contributed by atoms with Crippen molar-refractivity contribution in [2.24, 2.45) is 0 Å². The molecule has 0 radical (unpaired) electrons. The Morgan fingerprint density at radius 3 is 2.89 bits per heavy atom. The van der Waals surface area contributed by atoms with Gasteiger partial charge in [-0.1, -0.05) is 39.7 Å². The third-order valence-corrected chi connectivity index (χ3v) is 4.43. The maximum Gasteiger partial charge on any atom is 0.0207 e. The lowest BCUT2D eigenvalue weighted by molar-refractivity contribution is 0.632. The van der Waals surface area contributed by atoms with E-state index >= 15 is 0 Å². The average Bonchev–Trinajstić information content (AvgIpc) is 2.40. The second kappa shape index (κ2) is 7.10. The van der Waals surface area contributed by atoms with Crippen LogP contribution < -0.4 is 5.32 Å². The van der Waals surface area contributed by atoms with E-state index in [0.717, 1.165) is 13.1 Å². The van der Waals surface area contributed by atoms with Crippen molar-refractivity contribution >= 4 is 15.9 Å². The first kappa shape index (κ1) is 13.8. The van der Waals surface area contributed by atoms with Crippen LogP contribution >= 0.6 is 15.9 Å². The van der Waals surface area contributed by atoms with E-state index in [1.165, 1.54) is 47.7 Å². The zero-order valence-electron chi connectivity index (χ0n) is 11.1. The van der Waals surface area contributed by atoms with E-state index in [1.54, 1.807) is 5.57 Å². The lowest BCUT2D eigenvalue weighted by Crippen LogP contribution is -2.15. The van der Waals surface area contributed by atoms with Crippen molar-refractivity contribution in [3.05, 3.63) is 45.4 Å². The maximum absolute atomic E-state index is 3.58. The lowest BCUT2D eigenvalue weighted by atomic mass is 9.97. The second-order valence-electron chi connectivity index (χ2n) is 5.12. The van der Waals surface area contributed by atoms with Crippen molar-refractivity contribution < 1.29 is 0 Å². The monoisotopic (exact) mass is 307 g/mol. The molecule has 1 nitrogen and oxygen atoms in total. The molecule has 2 heteroatoms. The normalized spacial score (nSPS) is 15.6. The minimum atomic E-state index is 0.964. The van der Waals surface area contributed by atoms with Crippen LogP contribution in [0.4, 0.5) is 0 Å². The number of hydrogen-bond acceptors (Lipinski definition) is 1. The number of hydrogen-bond donors (Lipinski definition) is 1. The molecule has 0 unspecified atom stereocenters. The van der Waals surface area contributed by atoms with Gasteiger partial charge in [-0.15, -0.1) is 0 Å². The van der Waals surface area contributed by atoms with Gasteiger partial charge >= 0.3 is 0 Å². The summed E-state index contributed by atoms with van der Waals surface area (Å²) in [6.45, 7) is 4.18. The first-order valence-electron chi connectivity index (χ1n) is 6.89. The van der Waals surface area contributed by atoms with Gasteiger partial charge in [0.25, 0.3) is 0 Å². The molecule has 98 valence electrons. The lowest BCUT2D eigenvalue weighted by Gasteiger charge is -2.13. The minimum absolute atomic E-state index is 0.964. The summed E-state index contributed by atoms with van der Waals surface area (Å²) < 4.78 is 1.21. The highest BCUT2D eigenvalue weighted by Crippen LogP contribution is 2.20. The molecule has 1 aromatic carbocycles. The van der Waals surface area contributed by atoms with Crippen LogP contribution in [-0.4, -0.2) is 6.54 Å². The van der Waals surface area contributed by atoms with Crippen LogP contribution in [0.15, 0.2) is 34.3 Å². The highest BCUT2D eigenvalue weighted by atomic mass is 79.9. The standard InChI is InChI=1S/C16H22BrN/c1-13-7-8-15(11-16(13)17)12-18-10-9-14-5-3-2-4-6-14/h5,7-8,11,18H,2-4,6,9-10,12H2,1H3. The molecule has 1 N–H and O–H groups in total. The first-order chi connectivity index (χ1) is 8.75. The molecule has 1 aliphatic rings. The predicted molar refractivity (Wildman–Crippen MR) is 81.8 cm³/mol. The van der Waals surface area contributed by atoms with Gasteiger partial charge in [0.1, 0.15) is 0 Å². The molecule has 18 heavy (non-hydrogen) atoms. The smallest absolute Gasteiger partial charge is 0.0207 e. The second-order valence-corrected chi connectivity index (χ2v) is 5.97. The van der Waals surface area contributed by atoms with Crippen molar-refractivity contribution in [3.63, 3.8) is 0 Å². The van der Waals surface area contributed by atoms with Crippen molar-refractivity contribution in [2.45, 2.75) is 45.6 Å². The Kier molecular flexibility index (Phi) is 5.45. The number of rotatable bonds is 5. The van der Waals surface area contributed by atoms with E-state index in [9.17, 15) is 0 Å². The number of benzene rings is 1. The Hall–Kier alpha value is -0.600. The Bertz CT molecular complexity index is 423. The molecule has 0 saturated heterocycles. The Labute approximate surface area is 119 Å². The molecular weight excluding hydrogens is 286 g/mol. The van der Waals surface area contributed by atoms with Crippen molar-refractivity contribution in [1.82, 2.24) is 5.32 Å². The summed E-state index contributed by atoms with van der Waals surface area (Å²) in [4.78, 5) is 0. The van der Waals surface area contributed by atoms with Crippen LogP contribution in [0.1, 0.15) is 43.2 Å². The zero-order valence-corrected chi connectivity index (χ0v) is 12.7. The van der Waals surface area contributed by atoms with Gasteiger partial charge in [0.15, 0.2) is 0 Å². The fourth-order valence-electron chi connectivity index (χ4n) is 2.36. The third kappa shape index (κ3) is 4.25. The van der Waals surface area contributed by atoms with E-state index in [1.807, 2.05) is 0 Å². The van der Waals surface area contributed by atoms with Crippen LogP contribution in [0.3, 0.4) is 0 Å². The molecule has 0 amide bonds. The summed E-state index contributed by atoms with van der Waals surface area (Å²) in [5, 5.41) is 3.53. The average molecular weight is 308 g/mol. The first-order valence-corrected chi connectivity index (χ1v) is 7.68. The third-order valence-electron chi connectivity index (χ3n) is 3.57. The molecule has 0 aromatic heterocycles. The van der Waals surface area contributed by atoms with Gasteiger partial charge in [-0.3, -0.25) is 0 Å². The summed E-state index contributed by atoms with van der Waals surface area (Å²) in [7, 11) is 0. The topological polar surface area (TPSA) is 12.0 Å². The predicted octanol–water partition coefficient (Wildman–Crippen LogP) is 4.74. The molecule has 0 heterocycles. The maximum atomic E-state index is 3.58. The fraction of sp³-hybridized carbons (Fsp3) is 0.500. The van der Waals surface area contributed by atoms with Crippen LogP contribution in [0.2, 0.25) is 0 Å². The fourth-order valence-corrected chi connectivity index (χ4v) is 2.79. The molecule has 2 rings (SSSR count). The summed E-state index contributed by atoms with van der Waals surface area (Å²) in [6.07, 6.45) is 9.03. The van der Waals surface area contributed by atoms with Crippen molar-refractivity contribution in [3.8, 4) is 0 Å². The molecule has 0 bridgehead atoms. The number of halogens is 1. The summed E-state index contributed by atoms with van der Waals surface area (Å²) in [5.74, 6) is 0. The number of aryl methyl sites for hydroxylation is 1. The van der Waals surface area contributed by atoms with Crippen molar-refractivity contribution in [1.29, 1.82) is 0 Å². The van der Waals surface area contributed by atoms with Crippen LogP contribution in [0.5, 0.6) is 0 Å². The van der Waals surface area contributed by atoms with Crippen LogP contribution in [0, 0.1) is 6.92 Å². The van der Waals surface area contributed by atoms with Gasteiger partial charge in [-0.2, -0.15) is 0 Å². The molecule has 1 aromatic rings. The quantitative estimate of drug-likeness (QED) is 0.612. The number of allylic oxidation sites excluding steroid dienone is 1. The minimum Gasteiger partial charge on any atom is -0.312 e. The summed E-state index contributed by atoms with van der Waals surface area (Å²) in [5.41, 5.74) is 4.30. The molecule has 0 saturated carbocycles. The van der Waals surface area contributed by atoms with E-state index in [4.69, 9.17) is 0 Å². The molecule has 0 spiro atoms. The van der Waals surface area contributed by atoms with Crippen LogP contribution in [0.25, 0.3) is 0 Å². The highest BCUT2D eigenvalue weighted by Gasteiger charge is 2.03. The van der Waals surface area contributed by atoms with Gasteiger partial charge in [0.2, 0.25) is 0 Å². The molecule has 0 fully saturated rings. The SMILES string of the molecule is Cc1ccc(CNCCC2=CCCCC2)cc1Br. The van der Waals surface area contributed by atoms with E-state index < -0.39 is 0 Å². The number of nitrogens with one attached hydrogen (secondary N) is 1. The largest absolute Gasteiger partial charge is 0.312 e. The van der Waals surface area contributed by atoms with E-state index in [2.05, 4.69) is 52.4 Å². The molecule has 1 aliphatic carbocycles. The summed E-state index contributed by atoms with van der Waals surface area (Å²) >= 11 is 3.58. The van der Waals surface area contributed by atoms with Gasteiger partial charge in [0.05, 0.1) is 0 Å². The zero-order chi connectivity index (χ0) is 12.8. The molecule has 0 aliphatic heterocycles. The van der Waals surface area contributed by atoms with Crippen molar-refractivity contribution in [2.75, 3.05) is 6.54 Å².